The van der Waals surface area contributed by atoms with Crippen LogP contribution in [0.5, 0.6) is 0 Å². The molecule has 5 nitrogen and oxygen atoms in total. The molecular formula is C11H11ClN2O3. The highest BCUT2D eigenvalue weighted by atomic mass is 35.5. The Kier molecular flexibility index (Phi) is 3.04. The molecule has 0 radical (unpaired) electrons. The number of hydrogen-bond acceptors (Lipinski definition) is 3. The first-order valence-corrected chi connectivity index (χ1v) is 5.31. The summed E-state index contributed by atoms with van der Waals surface area (Å²) in [5, 5.41) is 9.63. The Bertz CT molecular complexity index is 592. The maximum atomic E-state index is 11.2. The SMILES string of the molecule is COCc1nc2c(Cl)cc(C)cn2c1C(=O)O. The highest BCUT2D eigenvalue weighted by Crippen LogP contribution is 2.22. The first-order valence-electron chi connectivity index (χ1n) is 4.94. The quantitative estimate of drug-likeness (QED) is 0.912. The fourth-order valence-electron chi connectivity index (χ4n) is 1.74. The molecule has 0 aliphatic rings. The lowest BCUT2D eigenvalue weighted by molar-refractivity contribution is 0.0683. The van der Waals surface area contributed by atoms with E-state index in [-0.39, 0.29) is 12.3 Å². The van der Waals surface area contributed by atoms with Crippen LogP contribution in [0.25, 0.3) is 5.65 Å². The Morgan fingerprint density at radius 2 is 2.35 bits per heavy atom. The molecule has 0 saturated heterocycles. The molecule has 2 heterocycles. The summed E-state index contributed by atoms with van der Waals surface area (Å²) in [6.07, 6.45) is 1.69. The number of methoxy groups -OCH3 is 1. The minimum Gasteiger partial charge on any atom is -0.477 e. The zero-order chi connectivity index (χ0) is 12.6. The van der Waals surface area contributed by atoms with Crippen LogP contribution in [0, 0.1) is 6.92 Å². The lowest BCUT2D eigenvalue weighted by atomic mass is 10.3. The van der Waals surface area contributed by atoms with Gasteiger partial charge in [0.1, 0.15) is 5.69 Å². The Morgan fingerprint density at radius 1 is 1.65 bits per heavy atom. The summed E-state index contributed by atoms with van der Waals surface area (Å²) in [6, 6.07) is 1.74. The first-order chi connectivity index (χ1) is 8.04. The highest BCUT2D eigenvalue weighted by Gasteiger charge is 2.19. The van der Waals surface area contributed by atoms with E-state index in [2.05, 4.69) is 4.98 Å². The summed E-state index contributed by atoms with van der Waals surface area (Å²) < 4.78 is 6.42. The summed E-state index contributed by atoms with van der Waals surface area (Å²) >= 11 is 6.04. The van der Waals surface area contributed by atoms with Crippen molar-refractivity contribution in [2.75, 3.05) is 7.11 Å². The average Bonchev–Trinajstić information content (AvgIpc) is 2.57. The third-order valence-corrected chi connectivity index (χ3v) is 2.65. The van der Waals surface area contributed by atoms with E-state index in [1.807, 2.05) is 6.92 Å². The Labute approximate surface area is 103 Å². The van der Waals surface area contributed by atoms with Gasteiger partial charge in [0.15, 0.2) is 11.3 Å². The molecular weight excluding hydrogens is 244 g/mol. The van der Waals surface area contributed by atoms with Gasteiger partial charge < -0.3 is 9.84 Å². The lowest BCUT2D eigenvalue weighted by Gasteiger charge is -2.01. The Morgan fingerprint density at radius 3 is 2.94 bits per heavy atom. The highest BCUT2D eigenvalue weighted by molar-refractivity contribution is 6.33. The molecule has 2 rings (SSSR count). The zero-order valence-corrected chi connectivity index (χ0v) is 10.2. The first kappa shape index (κ1) is 11.9. The number of carbonyl (C=O) groups is 1. The number of aromatic carboxylic acids is 1. The number of fused-ring (bicyclic) bond motifs is 1. The van der Waals surface area contributed by atoms with E-state index in [0.29, 0.717) is 16.4 Å². The molecule has 0 spiro atoms. The molecule has 6 heteroatoms. The summed E-state index contributed by atoms with van der Waals surface area (Å²) in [5.74, 6) is -1.05. The molecule has 0 bridgehead atoms. The molecule has 0 aliphatic heterocycles. The number of hydrogen-bond donors (Lipinski definition) is 1. The maximum Gasteiger partial charge on any atom is 0.354 e. The van der Waals surface area contributed by atoms with Crippen LogP contribution in [0.4, 0.5) is 0 Å². The van der Waals surface area contributed by atoms with Gasteiger partial charge in [0.2, 0.25) is 0 Å². The zero-order valence-electron chi connectivity index (χ0n) is 9.40. The third kappa shape index (κ3) is 1.99. The number of carboxylic acid groups (broad SMARTS) is 1. The number of pyridine rings is 1. The fraction of sp³-hybridized carbons (Fsp3) is 0.273. The molecule has 0 fully saturated rings. The van der Waals surface area contributed by atoms with Crippen LogP contribution in [-0.2, 0) is 11.3 Å². The number of halogens is 1. The minimum atomic E-state index is -1.05. The van der Waals surface area contributed by atoms with Crippen molar-refractivity contribution in [3.63, 3.8) is 0 Å². The number of aryl methyl sites for hydroxylation is 1. The van der Waals surface area contributed by atoms with Gasteiger partial charge in [0, 0.05) is 13.3 Å². The van der Waals surface area contributed by atoms with Gasteiger partial charge in [-0.25, -0.2) is 9.78 Å². The number of carboxylic acids is 1. The van der Waals surface area contributed by atoms with Crippen LogP contribution < -0.4 is 0 Å². The van der Waals surface area contributed by atoms with Crippen molar-refractivity contribution in [3.05, 3.63) is 34.2 Å². The van der Waals surface area contributed by atoms with Crippen molar-refractivity contribution in [2.45, 2.75) is 13.5 Å². The second-order valence-corrected chi connectivity index (χ2v) is 4.11. The minimum absolute atomic E-state index is 0.0902. The average molecular weight is 255 g/mol. The number of imidazole rings is 1. The number of rotatable bonds is 3. The molecule has 0 unspecified atom stereocenters. The largest absolute Gasteiger partial charge is 0.477 e. The van der Waals surface area contributed by atoms with Crippen LogP contribution in [0.3, 0.4) is 0 Å². The molecule has 2 aromatic rings. The number of nitrogens with zero attached hydrogens (tertiary/aromatic N) is 2. The smallest absolute Gasteiger partial charge is 0.354 e. The summed E-state index contributed by atoms with van der Waals surface area (Å²) in [6.45, 7) is 1.98. The van der Waals surface area contributed by atoms with Gasteiger partial charge in [-0.05, 0) is 18.6 Å². The maximum absolute atomic E-state index is 11.2. The molecule has 2 aromatic heterocycles. The standard InChI is InChI=1S/C11H11ClN2O3/c1-6-3-7(12)10-13-8(5-17-2)9(11(15)16)14(10)4-6/h3-4H,5H2,1-2H3,(H,15,16). The van der Waals surface area contributed by atoms with Crippen molar-refractivity contribution in [3.8, 4) is 0 Å². The second-order valence-electron chi connectivity index (χ2n) is 3.70. The van der Waals surface area contributed by atoms with Crippen LogP contribution in [-0.4, -0.2) is 27.6 Å². The van der Waals surface area contributed by atoms with Gasteiger partial charge in [-0.1, -0.05) is 11.6 Å². The van der Waals surface area contributed by atoms with Gasteiger partial charge in [-0.15, -0.1) is 0 Å². The van der Waals surface area contributed by atoms with E-state index in [1.165, 1.54) is 11.5 Å². The van der Waals surface area contributed by atoms with E-state index in [1.54, 1.807) is 12.3 Å². The van der Waals surface area contributed by atoms with Gasteiger partial charge in [0.25, 0.3) is 0 Å². The van der Waals surface area contributed by atoms with E-state index in [4.69, 9.17) is 16.3 Å². The van der Waals surface area contributed by atoms with Gasteiger partial charge in [-0.3, -0.25) is 4.40 Å². The predicted molar refractivity (Wildman–Crippen MR) is 62.6 cm³/mol. The van der Waals surface area contributed by atoms with Crippen LogP contribution >= 0.6 is 11.6 Å². The molecule has 0 aliphatic carbocycles. The van der Waals surface area contributed by atoms with Crippen LogP contribution in [0.15, 0.2) is 12.3 Å². The molecule has 0 aromatic carbocycles. The van der Waals surface area contributed by atoms with Gasteiger partial charge in [0.05, 0.1) is 11.6 Å². The summed E-state index contributed by atoms with van der Waals surface area (Å²) in [5.41, 5.74) is 1.76. The molecule has 90 valence electrons. The van der Waals surface area contributed by atoms with Crippen molar-refractivity contribution in [1.82, 2.24) is 9.38 Å². The second kappa shape index (κ2) is 4.35. The van der Waals surface area contributed by atoms with Crippen molar-refractivity contribution in [1.29, 1.82) is 0 Å². The molecule has 0 amide bonds. The van der Waals surface area contributed by atoms with E-state index in [0.717, 1.165) is 5.56 Å². The normalized spacial score (nSPS) is 11.0. The summed E-state index contributed by atoms with van der Waals surface area (Å²) in [7, 11) is 1.49. The van der Waals surface area contributed by atoms with E-state index < -0.39 is 5.97 Å². The van der Waals surface area contributed by atoms with Crippen molar-refractivity contribution in [2.24, 2.45) is 0 Å². The number of aromatic nitrogens is 2. The Balaban J connectivity index is 2.80. The van der Waals surface area contributed by atoms with Crippen molar-refractivity contribution < 1.29 is 14.6 Å². The molecule has 17 heavy (non-hydrogen) atoms. The van der Waals surface area contributed by atoms with Crippen molar-refractivity contribution >= 4 is 23.2 Å². The third-order valence-electron chi connectivity index (χ3n) is 2.37. The van der Waals surface area contributed by atoms with Gasteiger partial charge >= 0.3 is 5.97 Å². The lowest BCUT2D eigenvalue weighted by Crippen LogP contribution is -2.06. The predicted octanol–water partition coefficient (Wildman–Crippen LogP) is 2.14. The van der Waals surface area contributed by atoms with Crippen LogP contribution in [0.2, 0.25) is 5.02 Å². The monoisotopic (exact) mass is 254 g/mol. The van der Waals surface area contributed by atoms with E-state index in [9.17, 15) is 9.90 Å². The van der Waals surface area contributed by atoms with Gasteiger partial charge in [-0.2, -0.15) is 0 Å². The molecule has 1 N–H and O–H groups in total. The van der Waals surface area contributed by atoms with E-state index >= 15 is 0 Å². The number of ether oxygens (including phenoxy) is 1. The molecule has 0 saturated carbocycles. The fourth-order valence-corrected chi connectivity index (χ4v) is 2.05. The molecule has 0 atom stereocenters. The topological polar surface area (TPSA) is 63.8 Å². The van der Waals surface area contributed by atoms with Crippen LogP contribution in [0.1, 0.15) is 21.7 Å². The Hall–Kier alpha value is -1.59. The summed E-state index contributed by atoms with van der Waals surface area (Å²) in [4.78, 5) is 15.4.